The molecule has 0 aliphatic carbocycles. The van der Waals surface area contributed by atoms with Gasteiger partial charge in [0, 0.05) is 27.0 Å². The Labute approximate surface area is 135 Å². The van der Waals surface area contributed by atoms with Crippen molar-refractivity contribution in [3.63, 3.8) is 0 Å². The van der Waals surface area contributed by atoms with E-state index < -0.39 is 11.7 Å². The fraction of sp³-hybridized carbons (Fsp3) is 0.250. The van der Waals surface area contributed by atoms with E-state index in [9.17, 15) is 9.50 Å². The summed E-state index contributed by atoms with van der Waals surface area (Å²) in [6.45, 7) is 1.87. The normalized spacial score (nSPS) is 24.3. The Hall–Kier alpha value is -1.10. The van der Waals surface area contributed by atoms with E-state index in [0.717, 1.165) is 10.0 Å². The first-order chi connectivity index (χ1) is 9.89. The van der Waals surface area contributed by atoms with E-state index >= 15 is 0 Å². The summed E-state index contributed by atoms with van der Waals surface area (Å²) in [5.74, 6) is 0.0957. The summed E-state index contributed by atoms with van der Waals surface area (Å²) in [5, 5.41) is 10.9. The molecule has 1 heterocycles. The molecule has 0 bridgehead atoms. The number of hydrogen-bond donors (Lipinski definition) is 1. The third-order valence-electron chi connectivity index (χ3n) is 3.75. The number of ether oxygens (including phenoxy) is 1. The Balaban J connectivity index is 2.06. The van der Waals surface area contributed by atoms with Crippen LogP contribution in [-0.4, -0.2) is 5.11 Å². The van der Waals surface area contributed by atoms with Gasteiger partial charge in [0.2, 0.25) is 0 Å². The molecule has 1 aliphatic rings. The summed E-state index contributed by atoms with van der Waals surface area (Å²) in [6, 6.07) is 9.70. The van der Waals surface area contributed by atoms with Crippen LogP contribution in [0.4, 0.5) is 4.39 Å². The first-order valence-corrected chi connectivity index (χ1v) is 7.68. The minimum Gasteiger partial charge on any atom is -0.482 e. The van der Waals surface area contributed by atoms with Gasteiger partial charge in [0.15, 0.2) is 0 Å². The zero-order chi connectivity index (χ0) is 15.2. The third-order valence-corrected chi connectivity index (χ3v) is 4.56. The highest BCUT2D eigenvalue weighted by atomic mass is 79.9. The van der Waals surface area contributed by atoms with Crippen LogP contribution >= 0.6 is 27.5 Å². The molecule has 2 aromatic rings. The number of aliphatic hydroxyl groups is 1. The maximum absolute atomic E-state index is 13.3. The van der Waals surface area contributed by atoms with Crippen LogP contribution in [-0.2, 0) is 5.60 Å². The smallest absolute Gasteiger partial charge is 0.135 e. The maximum atomic E-state index is 13.3. The van der Waals surface area contributed by atoms with Gasteiger partial charge in [-0.05, 0) is 37.3 Å². The average molecular weight is 372 g/mol. The van der Waals surface area contributed by atoms with Gasteiger partial charge in [-0.15, -0.1) is 0 Å². The Morgan fingerprint density at radius 2 is 2.10 bits per heavy atom. The molecule has 0 radical (unpaired) electrons. The summed E-state index contributed by atoms with van der Waals surface area (Å²) >= 11 is 9.67. The minimum atomic E-state index is -0.797. The predicted octanol–water partition coefficient (Wildman–Crippen LogP) is 4.97. The van der Waals surface area contributed by atoms with Gasteiger partial charge < -0.3 is 9.84 Å². The van der Waals surface area contributed by atoms with E-state index in [0.29, 0.717) is 22.8 Å². The molecule has 0 aromatic heterocycles. The molecule has 0 amide bonds. The molecule has 0 fully saturated rings. The van der Waals surface area contributed by atoms with Crippen molar-refractivity contribution in [3.05, 3.63) is 62.8 Å². The highest BCUT2D eigenvalue weighted by Gasteiger charge is 2.39. The van der Waals surface area contributed by atoms with Crippen LogP contribution in [0.5, 0.6) is 5.75 Å². The first kappa shape index (κ1) is 14.8. The van der Waals surface area contributed by atoms with Gasteiger partial charge in [-0.1, -0.05) is 33.6 Å². The number of hydrogen-bond acceptors (Lipinski definition) is 2. The van der Waals surface area contributed by atoms with Crippen molar-refractivity contribution in [2.45, 2.75) is 25.0 Å². The monoisotopic (exact) mass is 370 g/mol. The number of aliphatic hydroxyl groups excluding tert-OH is 1. The molecule has 2 aromatic carbocycles. The molecular formula is C16H13BrClFO2. The lowest BCUT2D eigenvalue weighted by Crippen LogP contribution is -2.36. The van der Waals surface area contributed by atoms with Crippen LogP contribution in [0.3, 0.4) is 0 Å². The summed E-state index contributed by atoms with van der Waals surface area (Å²) in [4.78, 5) is 0. The van der Waals surface area contributed by atoms with Crippen molar-refractivity contribution >= 4 is 27.5 Å². The van der Waals surface area contributed by atoms with Gasteiger partial charge in [0.25, 0.3) is 0 Å². The summed E-state index contributed by atoms with van der Waals surface area (Å²) in [5.41, 5.74) is 0.504. The minimum absolute atomic E-state index is 0.310. The molecule has 5 heteroatoms. The quantitative estimate of drug-likeness (QED) is 0.766. The highest BCUT2D eigenvalue weighted by molar-refractivity contribution is 9.10. The number of benzene rings is 2. The summed E-state index contributed by atoms with van der Waals surface area (Å²) < 4.78 is 20.2. The topological polar surface area (TPSA) is 29.5 Å². The zero-order valence-corrected chi connectivity index (χ0v) is 13.6. The predicted molar refractivity (Wildman–Crippen MR) is 83.1 cm³/mol. The molecule has 2 atom stereocenters. The fourth-order valence-corrected chi connectivity index (χ4v) is 3.59. The third kappa shape index (κ3) is 2.68. The van der Waals surface area contributed by atoms with E-state index in [2.05, 4.69) is 15.9 Å². The van der Waals surface area contributed by atoms with E-state index in [1.807, 2.05) is 19.1 Å². The summed E-state index contributed by atoms with van der Waals surface area (Å²) in [6.07, 6.45) is -0.487. The summed E-state index contributed by atoms with van der Waals surface area (Å²) in [7, 11) is 0. The fourth-order valence-electron chi connectivity index (χ4n) is 2.72. The molecule has 0 saturated carbocycles. The van der Waals surface area contributed by atoms with Crippen LogP contribution < -0.4 is 4.74 Å². The van der Waals surface area contributed by atoms with E-state index in [4.69, 9.17) is 16.3 Å². The van der Waals surface area contributed by atoms with Gasteiger partial charge in [-0.3, -0.25) is 0 Å². The van der Waals surface area contributed by atoms with Crippen molar-refractivity contribution in [3.8, 4) is 5.75 Å². The molecule has 110 valence electrons. The standard InChI is InChI=1S/C16H13BrClFO2/c1-16(12-4-2-9(17)6-13(12)18)8-14(20)11-7-10(19)3-5-15(11)21-16/h2-7,14,20H,8H2,1H3/t14-,16?/m1/s1. The van der Waals surface area contributed by atoms with Gasteiger partial charge in [-0.25, -0.2) is 4.39 Å². The molecule has 2 nitrogen and oxygen atoms in total. The molecule has 0 saturated heterocycles. The second kappa shape index (κ2) is 5.27. The molecule has 1 N–H and O–H groups in total. The largest absolute Gasteiger partial charge is 0.482 e. The molecular weight excluding hydrogens is 359 g/mol. The molecule has 0 spiro atoms. The van der Waals surface area contributed by atoms with Gasteiger partial charge in [0.05, 0.1) is 6.10 Å². The lowest BCUT2D eigenvalue weighted by molar-refractivity contribution is -0.00504. The molecule has 3 rings (SSSR count). The van der Waals surface area contributed by atoms with Crippen LogP contribution in [0, 0.1) is 5.82 Å². The second-order valence-electron chi connectivity index (χ2n) is 5.36. The van der Waals surface area contributed by atoms with Gasteiger partial charge in [-0.2, -0.15) is 0 Å². The maximum Gasteiger partial charge on any atom is 0.135 e. The van der Waals surface area contributed by atoms with Crippen LogP contribution in [0.15, 0.2) is 40.9 Å². The zero-order valence-electron chi connectivity index (χ0n) is 11.2. The molecule has 1 aliphatic heterocycles. The van der Waals surface area contributed by atoms with Crippen LogP contribution in [0.1, 0.15) is 30.6 Å². The van der Waals surface area contributed by atoms with Crippen molar-refractivity contribution in [1.82, 2.24) is 0 Å². The Kier molecular flexibility index (Phi) is 3.72. The van der Waals surface area contributed by atoms with Crippen LogP contribution in [0.2, 0.25) is 5.02 Å². The van der Waals surface area contributed by atoms with Crippen molar-refractivity contribution < 1.29 is 14.2 Å². The molecule has 1 unspecified atom stereocenters. The lowest BCUT2D eigenvalue weighted by atomic mass is 9.85. The molecule has 21 heavy (non-hydrogen) atoms. The lowest BCUT2D eigenvalue weighted by Gasteiger charge is -2.39. The van der Waals surface area contributed by atoms with Crippen LogP contribution in [0.25, 0.3) is 0 Å². The number of halogens is 3. The number of fused-ring (bicyclic) bond motifs is 1. The van der Waals surface area contributed by atoms with E-state index in [-0.39, 0.29) is 5.82 Å². The Morgan fingerprint density at radius 1 is 1.33 bits per heavy atom. The SMILES string of the molecule is CC1(c2ccc(Br)cc2Cl)C[C@@H](O)c2cc(F)ccc2O1. The van der Waals surface area contributed by atoms with Crippen molar-refractivity contribution in [2.24, 2.45) is 0 Å². The highest BCUT2D eigenvalue weighted by Crippen LogP contribution is 2.46. The van der Waals surface area contributed by atoms with Crippen molar-refractivity contribution in [2.75, 3.05) is 0 Å². The number of rotatable bonds is 1. The Morgan fingerprint density at radius 3 is 2.81 bits per heavy atom. The van der Waals surface area contributed by atoms with E-state index in [1.54, 1.807) is 6.07 Å². The second-order valence-corrected chi connectivity index (χ2v) is 6.68. The van der Waals surface area contributed by atoms with Gasteiger partial charge in [0.1, 0.15) is 17.2 Å². The van der Waals surface area contributed by atoms with Crippen molar-refractivity contribution in [1.29, 1.82) is 0 Å². The first-order valence-electron chi connectivity index (χ1n) is 6.51. The van der Waals surface area contributed by atoms with E-state index in [1.165, 1.54) is 18.2 Å². The van der Waals surface area contributed by atoms with Gasteiger partial charge >= 0.3 is 0 Å². The average Bonchev–Trinajstić information content (AvgIpc) is 2.39. The Bertz CT molecular complexity index is 707.